The van der Waals surface area contributed by atoms with Gasteiger partial charge in [0.25, 0.3) is 0 Å². The summed E-state index contributed by atoms with van der Waals surface area (Å²) < 4.78 is 6.37. The molecule has 136 valence electrons. The van der Waals surface area contributed by atoms with Gasteiger partial charge < -0.3 is 9.84 Å². The van der Waals surface area contributed by atoms with E-state index in [9.17, 15) is 9.59 Å². The summed E-state index contributed by atoms with van der Waals surface area (Å²) in [5, 5.41) is 10.6. The van der Waals surface area contributed by atoms with Crippen LogP contribution in [0.3, 0.4) is 0 Å². The van der Waals surface area contributed by atoms with Crippen LogP contribution in [0, 0.1) is 0 Å². The molecule has 0 spiro atoms. The SMILES string of the molecule is O=C(O)CCC(=O)Oc1ccc2ccccc2c1C=Nc1ccc(Br)cc1. The minimum atomic E-state index is -1.04. The van der Waals surface area contributed by atoms with Crippen molar-refractivity contribution in [3.63, 3.8) is 0 Å². The molecular formula is C21H16BrNO4. The number of benzene rings is 3. The number of halogens is 1. The number of aliphatic imine (C=N–C) groups is 1. The molecule has 0 saturated heterocycles. The first kappa shape index (κ1) is 18.8. The molecule has 0 aliphatic rings. The first-order chi connectivity index (χ1) is 13.0. The maximum atomic E-state index is 12.0. The van der Waals surface area contributed by atoms with Crippen LogP contribution >= 0.6 is 15.9 Å². The monoisotopic (exact) mass is 425 g/mol. The largest absolute Gasteiger partial charge is 0.481 e. The number of rotatable bonds is 6. The van der Waals surface area contributed by atoms with Crippen molar-refractivity contribution in [2.45, 2.75) is 12.8 Å². The fraction of sp³-hybridized carbons (Fsp3) is 0.0952. The van der Waals surface area contributed by atoms with E-state index in [-0.39, 0.29) is 12.8 Å². The third-order valence-corrected chi connectivity index (χ3v) is 4.40. The van der Waals surface area contributed by atoms with Crippen molar-refractivity contribution in [2.24, 2.45) is 4.99 Å². The van der Waals surface area contributed by atoms with E-state index in [1.165, 1.54) is 0 Å². The van der Waals surface area contributed by atoms with Crippen LogP contribution in [0.5, 0.6) is 5.75 Å². The molecule has 0 bridgehead atoms. The van der Waals surface area contributed by atoms with Gasteiger partial charge in [0.1, 0.15) is 5.75 Å². The summed E-state index contributed by atoms with van der Waals surface area (Å²) in [5.74, 6) is -1.28. The topological polar surface area (TPSA) is 76.0 Å². The summed E-state index contributed by atoms with van der Waals surface area (Å²) in [6, 6.07) is 18.8. The molecular weight excluding hydrogens is 410 g/mol. The fourth-order valence-corrected chi connectivity index (χ4v) is 2.81. The Hall–Kier alpha value is -2.99. The average molecular weight is 426 g/mol. The van der Waals surface area contributed by atoms with Crippen LogP contribution in [0.4, 0.5) is 5.69 Å². The van der Waals surface area contributed by atoms with E-state index in [0.29, 0.717) is 11.3 Å². The zero-order valence-corrected chi connectivity index (χ0v) is 15.8. The maximum absolute atomic E-state index is 12.0. The Balaban J connectivity index is 1.95. The summed E-state index contributed by atoms with van der Waals surface area (Å²) >= 11 is 3.39. The Kier molecular flexibility index (Phi) is 5.98. The lowest BCUT2D eigenvalue weighted by Gasteiger charge is -2.10. The van der Waals surface area contributed by atoms with E-state index in [4.69, 9.17) is 9.84 Å². The first-order valence-electron chi connectivity index (χ1n) is 8.27. The summed E-state index contributed by atoms with van der Waals surface area (Å²) in [6.07, 6.45) is 1.20. The van der Waals surface area contributed by atoms with Crippen molar-refractivity contribution < 1.29 is 19.4 Å². The molecule has 0 aliphatic heterocycles. The number of carboxylic acid groups (broad SMARTS) is 1. The van der Waals surface area contributed by atoms with E-state index >= 15 is 0 Å². The molecule has 0 fully saturated rings. The number of nitrogens with zero attached hydrogens (tertiary/aromatic N) is 1. The molecule has 0 unspecified atom stereocenters. The van der Waals surface area contributed by atoms with Gasteiger partial charge in [0, 0.05) is 16.3 Å². The fourth-order valence-electron chi connectivity index (χ4n) is 2.55. The summed E-state index contributed by atoms with van der Waals surface area (Å²) in [7, 11) is 0. The highest BCUT2D eigenvalue weighted by Gasteiger charge is 2.13. The third-order valence-electron chi connectivity index (χ3n) is 3.87. The first-order valence-corrected chi connectivity index (χ1v) is 9.06. The van der Waals surface area contributed by atoms with Gasteiger partial charge in [-0.2, -0.15) is 0 Å². The van der Waals surface area contributed by atoms with Crippen molar-refractivity contribution in [3.8, 4) is 5.75 Å². The quantitative estimate of drug-likeness (QED) is 0.337. The summed E-state index contributed by atoms with van der Waals surface area (Å²) in [6.45, 7) is 0. The molecule has 3 aromatic rings. The minimum absolute atomic E-state index is 0.189. The number of carboxylic acids is 1. The van der Waals surface area contributed by atoms with Crippen molar-refractivity contribution in [2.75, 3.05) is 0 Å². The zero-order valence-electron chi connectivity index (χ0n) is 14.3. The van der Waals surface area contributed by atoms with Crippen LogP contribution in [-0.4, -0.2) is 23.3 Å². The van der Waals surface area contributed by atoms with Crippen molar-refractivity contribution >= 4 is 50.5 Å². The van der Waals surface area contributed by atoms with Crippen molar-refractivity contribution in [3.05, 3.63) is 70.7 Å². The molecule has 0 amide bonds. The molecule has 0 radical (unpaired) electrons. The highest BCUT2D eigenvalue weighted by Crippen LogP contribution is 2.28. The number of hydrogen-bond acceptors (Lipinski definition) is 4. The van der Waals surface area contributed by atoms with Crippen molar-refractivity contribution in [1.82, 2.24) is 0 Å². The summed E-state index contributed by atoms with van der Waals surface area (Å²) in [4.78, 5) is 27.1. The normalized spacial score (nSPS) is 11.0. The van der Waals surface area contributed by atoms with Gasteiger partial charge in [0.05, 0.1) is 18.5 Å². The van der Waals surface area contributed by atoms with Crippen LogP contribution < -0.4 is 4.74 Å². The number of fused-ring (bicyclic) bond motifs is 1. The number of aliphatic carboxylic acids is 1. The number of hydrogen-bond donors (Lipinski definition) is 1. The Morgan fingerprint density at radius 1 is 1.00 bits per heavy atom. The Bertz CT molecular complexity index is 1010. The average Bonchev–Trinajstić information content (AvgIpc) is 2.66. The van der Waals surface area contributed by atoms with E-state index in [0.717, 1.165) is 20.9 Å². The lowest BCUT2D eigenvalue weighted by Crippen LogP contribution is -2.11. The van der Waals surface area contributed by atoms with E-state index in [1.807, 2.05) is 54.6 Å². The standard InChI is InChI=1S/C21H16BrNO4/c22-15-6-8-16(9-7-15)23-13-18-17-4-2-1-3-14(17)5-10-19(18)27-21(26)12-11-20(24)25/h1-10,13H,11-12H2,(H,24,25). The molecule has 0 atom stereocenters. The molecule has 0 aliphatic carbocycles. The number of ether oxygens (including phenoxy) is 1. The zero-order chi connectivity index (χ0) is 19.2. The molecule has 0 heterocycles. The van der Waals surface area contributed by atoms with Crippen LogP contribution in [0.2, 0.25) is 0 Å². The van der Waals surface area contributed by atoms with Gasteiger partial charge in [-0.15, -0.1) is 0 Å². The van der Waals surface area contributed by atoms with Gasteiger partial charge >= 0.3 is 11.9 Å². The molecule has 0 aromatic heterocycles. The predicted octanol–water partition coefficient (Wildman–Crippen LogP) is 5.12. The molecule has 1 N–H and O–H groups in total. The van der Waals surface area contributed by atoms with Gasteiger partial charge in [0.15, 0.2) is 0 Å². The number of carbonyl (C=O) groups excluding carboxylic acids is 1. The van der Waals surface area contributed by atoms with Gasteiger partial charge in [-0.25, -0.2) is 0 Å². The van der Waals surface area contributed by atoms with Crippen LogP contribution in [0.15, 0.2) is 70.1 Å². The third kappa shape index (κ3) is 5.01. The second kappa shape index (κ2) is 8.60. The molecule has 0 saturated carbocycles. The smallest absolute Gasteiger partial charge is 0.311 e. The van der Waals surface area contributed by atoms with Gasteiger partial charge in [-0.3, -0.25) is 14.6 Å². The Labute approximate surface area is 164 Å². The molecule has 27 heavy (non-hydrogen) atoms. The highest BCUT2D eigenvalue weighted by atomic mass is 79.9. The van der Waals surface area contributed by atoms with Crippen LogP contribution in [-0.2, 0) is 9.59 Å². The Morgan fingerprint density at radius 3 is 2.48 bits per heavy atom. The van der Waals surface area contributed by atoms with Crippen LogP contribution in [0.1, 0.15) is 18.4 Å². The lowest BCUT2D eigenvalue weighted by molar-refractivity contribution is -0.142. The van der Waals surface area contributed by atoms with E-state index in [1.54, 1.807) is 12.3 Å². The highest BCUT2D eigenvalue weighted by molar-refractivity contribution is 9.10. The van der Waals surface area contributed by atoms with Gasteiger partial charge in [-0.1, -0.05) is 46.3 Å². The second-order valence-corrected chi connectivity index (χ2v) is 6.72. The Morgan fingerprint density at radius 2 is 1.74 bits per heavy atom. The van der Waals surface area contributed by atoms with E-state index in [2.05, 4.69) is 20.9 Å². The molecule has 5 nitrogen and oxygen atoms in total. The van der Waals surface area contributed by atoms with E-state index < -0.39 is 11.9 Å². The lowest BCUT2D eigenvalue weighted by atomic mass is 10.0. The number of carbonyl (C=O) groups is 2. The second-order valence-electron chi connectivity index (χ2n) is 5.80. The van der Waals surface area contributed by atoms with Crippen molar-refractivity contribution in [1.29, 1.82) is 0 Å². The predicted molar refractivity (Wildman–Crippen MR) is 108 cm³/mol. The van der Waals surface area contributed by atoms with Crippen LogP contribution in [0.25, 0.3) is 10.8 Å². The number of esters is 1. The minimum Gasteiger partial charge on any atom is -0.481 e. The maximum Gasteiger partial charge on any atom is 0.311 e. The molecule has 6 heteroatoms. The van der Waals surface area contributed by atoms with Gasteiger partial charge in [-0.05, 0) is 41.1 Å². The summed E-state index contributed by atoms with van der Waals surface area (Å²) in [5.41, 5.74) is 1.42. The molecule has 3 aromatic carbocycles. The molecule has 3 rings (SSSR count). The van der Waals surface area contributed by atoms with Gasteiger partial charge in [0.2, 0.25) is 0 Å².